The molecule has 1 aliphatic heterocycles. The van der Waals surface area contributed by atoms with Gasteiger partial charge in [-0.25, -0.2) is 0 Å². The summed E-state index contributed by atoms with van der Waals surface area (Å²) in [6.45, 7) is 9.06. The van der Waals surface area contributed by atoms with Crippen molar-refractivity contribution >= 4 is 0 Å². The Balaban J connectivity index is 0.0000176. The molecule has 1 rings (SSSR count). The molecule has 2 heteroatoms. The lowest BCUT2D eigenvalue weighted by atomic mass is 9.92. The highest BCUT2D eigenvalue weighted by Gasteiger charge is 2.22. The van der Waals surface area contributed by atoms with E-state index in [0.717, 1.165) is 5.92 Å². The van der Waals surface area contributed by atoms with Gasteiger partial charge < -0.3 is 21.9 Å². The van der Waals surface area contributed by atoms with Crippen molar-refractivity contribution in [1.82, 2.24) is 0 Å². The highest BCUT2D eigenvalue weighted by atomic mass is 79.9. The number of halogens is 1. The first-order valence-electron chi connectivity index (χ1n) is 20.7. The van der Waals surface area contributed by atoms with Crippen molar-refractivity contribution in [2.24, 2.45) is 5.92 Å². The summed E-state index contributed by atoms with van der Waals surface area (Å²) in [6, 6.07) is 0. The molecule has 1 aliphatic rings. The molecule has 1 nitrogen and oxygen atoms in total. The molecule has 1 N–H and O–H groups in total. The predicted octanol–water partition coefficient (Wildman–Crippen LogP) is 10.2. The summed E-state index contributed by atoms with van der Waals surface area (Å²) in [5.74, 6) is 1.04. The van der Waals surface area contributed by atoms with E-state index in [2.05, 4.69) is 13.8 Å². The van der Waals surface area contributed by atoms with Crippen molar-refractivity contribution in [2.75, 3.05) is 19.6 Å². The van der Waals surface area contributed by atoms with Gasteiger partial charge in [0.15, 0.2) is 0 Å². The number of hydrogen-bond acceptors (Lipinski definition) is 0. The molecule has 1 heterocycles. The van der Waals surface area contributed by atoms with Gasteiger partial charge in [0.2, 0.25) is 0 Å². The number of quaternary nitrogens is 1. The fourth-order valence-electron chi connectivity index (χ4n) is 7.63. The van der Waals surface area contributed by atoms with E-state index >= 15 is 0 Å². The van der Waals surface area contributed by atoms with E-state index in [1.807, 2.05) is 4.90 Å². The van der Waals surface area contributed by atoms with Crippen LogP contribution in [0.4, 0.5) is 0 Å². The quantitative estimate of drug-likeness (QED) is 0.0650. The van der Waals surface area contributed by atoms with Gasteiger partial charge >= 0.3 is 0 Å². The lowest BCUT2D eigenvalue weighted by Gasteiger charge is -2.30. The highest BCUT2D eigenvalue weighted by Crippen LogP contribution is 2.19. The fraction of sp³-hybridized carbons (Fsp3) is 1.00. The second kappa shape index (κ2) is 36.9. The monoisotopic (exact) mass is 670 g/mol. The van der Waals surface area contributed by atoms with Gasteiger partial charge in [0.1, 0.15) is 0 Å². The number of hydrogen-bond donors (Lipinski definition) is 1. The lowest BCUT2D eigenvalue weighted by Crippen LogP contribution is -3.13. The Kier molecular flexibility index (Phi) is 37.3. The van der Waals surface area contributed by atoms with Gasteiger partial charge in [-0.2, -0.15) is 0 Å². The summed E-state index contributed by atoms with van der Waals surface area (Å²) in [5.41, 5.74) is 0. The third-order valence-electron chi connectivity index (χ3n) is 10.6. The summed E-state index contributed by atoms with van der Waals surface area (Å²) in [5, 5.41) is 0. The number of likely N-dealkylation sites (tertiary alicyclic amines) is 1. The first-order valence-corrected chi connectivity index (χ1v) is 20.7. The summed E-state index contributed by atoms with van der Waals surface area (Å²) in [6.07, 6.45) is 51.9. The van der Waals surface area contributed by atoms with E-state index in [1.165, 1.54) is 244 Å². The van der Waals surface area contributed by atoms with Crippen molar-refractivity contribution in [3.63, 3.8) is 0 Å². The number of piperidine rings is 1. The number of rotatable bonds is 34. The van der Waals surface area contributed by atoms with E-state index in [0.29, 0.717) is 0 Å². The fourth-order valence-corrected chi connectivity index (χ4v) is 7.63. The van der Waals surface area contributed by atoms with Crippen LogP contribution in [-0.2, 0) is 0 Å². The molecule has 2 atom stereocenters. The molecule has 0 bridgehead atoms. The van der Waals surface area contributed by atoms with Crippen LogP contribution in [0.15, 0.2) is 0 Å². The summed E-state index contributed by atoms with van der Waals surface area (Å²) >= 11 is 0. The minimum absolute atomic E-state index is 0. The first-order chi connectivity index (χ1) is 20.9. The Hall–Kier alpha value is 0.440. The van der Waals surface area contributed by atoms with Gasteiger partial charge in [0.25, 0.3) is 0 Å². The Morgan fingerprint density at radius 1 is 0.395 bits per heavy atom. The Labute approximate surface area is 285 Å². The molecule has 0 radical (unpaired) electrons. The van der Waals surface area contributed by atoms with Crippen molar-refractivity contribution in [3.05, 3.63) is 0 Å². The Morgan fingerprint density at radius 3 is 1.05 bits per heavy atom. The van der Waals surface area contributed by atoms with Crippen LogP contribution in [-0.4, -0.2) is 19.6 Å². The second-order valence-electron chi connectivity index (χ2n) is 14.9. The van der Waals surface area contributed by atoms with Crippen LogP contribution >= 0.6 is 0 Å². The second-order valence-corrected chi connectivity index (χ2v) is 14.9. The smallest absolute Gasteiger partial charge is 0.0799 e. The molecule has 0 aliphatic carbocycles. The van der Waals surface area contributed by atoms with E-state index < -0.39 is 0 Å². The van der Waals surface area contributed by atoms with Crippen molar-refractivity contribution in [2.45, 2.75) is 239 Å². The normalized spacial score (nSPS) is 16.9. The van der Waals surface area contributed by atoms with E-state index in [9.17, 15) is 0 Å². The maximum absolute atomic E-state index is 2.31. The zero-order valence-electron chi connectivity index (χ0n) is 30.3. The van der Waals surface area contributed by atoms with Crippen LogP contribution in [0.2, 0.25) is 0 Å². The van der Waals surface area contributed by atoms with Crippen LogP contribution in [0.25, 0.3) is 0 Å². The minimum atomic E-state index is 0. The van der Waals surface area contributed by atoms with Gasteiger partial charge in [0, 0.05) is 5.92 Å². The molecule has 1 saturated heterocycles. The zero-order valence-corrected chi connectivity index (χ0v) is 31.9. The standard InChI is InChI=1S/C41H83N.BrH/c1-3-5-7-9-11-13-15-17-19-21-23-25-27-29-31-33-36-41-37-35-39-42(40-41)38-34-32-30-28-26-24-22-20-18-16-14-12-10-8-6-4-2;/h41H,3-40H2,1-2H3;1H. The summed E-state index contributed by atoms with van der Waals surface area (Å²) < 4.78 is 0. The average molecular weight is 671 g/mol. The zero-order chi connectivity index (χ0) is 30.0. The van der Waals surface area contributed by atoms with E-state index in [-0.39, 0.29) is 17.0 Å². The van der Waals surface area contributed by atoms with Crippen LogP contribution in [0.3, 0.4) is 0 Å². The third-order valence-corrected chi connectivity index (χ3v) is 10.6. The Bertz CT molecular complexity index is 452. The van der Waals surface area contributed by atoms with Crippen LogP contribution in [0, 0.1) is 5.92 Å². The molecule has 43 heavy (non-hydrogen) atoms. The molecule has 0 amide bonds. The van der Waals surface area contributed by atoms with Crippen molar-refractivity contribution in [1.29, 1.82) is 0 Å². The topological polar surface area (TPSA) is 4.44 Å². The summed E-state index contributed by atoms with van der Waals surface area (Å²) in [4.78, 5) is 1.95. The minimum Gasteiger partial charge on any atom is -1.00 e. The molecule has 2 unspecified atom stereocenters. The third kappa shape index (κ3) is 32.2. The summed E-state index contributed by atoms with van der Waals surface area (Å²) in [7, 11) is 0. The van der Waals surface area contributed by atoms with E-state index in [1.54, 1.807) is 0 Å². The van der Waals surface area contributed by atoms with Crippen molar-refractivity contribution in [3.8, 4) is 0 Å². The largest absolute Gasteiger partial charge is 1.00 e. The Morgan fingerprint density at radius 2 is 0.698 bits per heavy atom. The molecule has 1 fully saturated rings. The van der Waals surface area contributed by atoms with Gasteiger partial charge in [-0.15, -0.1) is 0 Å². The predicted molar refractivity (Wildman–Crippen MR) is 192 cm³/mol. The molecule has 0 spiro atoms. The maximum Gasteiger partial charge on any atom is 0.0799 e. The number of nitrogens with one attached hydrogen (secondary N) is 1. The molecule has 0 aromatic carbocycles. The van der Waals surface area contributed by atoms with Crippen LogP contribution in [0.5, 0.6) is 0 Å². The van der Waals surface area contributed by atoms with Gasteiger partial charge in [-0.3, -0.25) is 0 Å². The molecule has 260 valence electrons. The molecular weight excluding hydrogens is 586 g/mol. The van der Waals surface area contributed by atoms with Gasteiger partial charge in [-0.05, 0) is 32.1 Å². The van der Waals surface area contributed by atoms with Crippen LogP contribution < -0.4 is 21.9 Å². The first kappa shape index (κ1) is 43.4. The molecule has 0 aromatic heterocycles. The molecule has 0 saturated carbocycles. The highest BCUT2D eigenvalue weighted by molar-refractivity contribution is 4.63. The number of unbranched alkanes of at least 4 members (excludes halogenated alkanes) is 30. The van der Waals surface area contributed by atoms with E-state index in [4.69, 9.17) is 0 Å². The lowest BCUT2D eigenvalue weighted by molar-refractivity contribution is -0.909. The van der Waals surface area contributed by atoms with Crippen LogP contribution in [0.1, 0.15) is 239 Å². The molecule has 0 aromatic rings. The SMILES string of the molecule is CCCCCCCCCCCCCCCCCCC1CCC[NH+](CCCCCCCCCCCCCCCCCC)C1.[Br-]. The molecular formula is C41H84BrN. The maximum atomic E-state index is 2.31. The van der Waals surface area contributed by atoms with Gasteiger partial charge in [-0.1, -0.05) is 206 Å². The van der Waals surface area contributed by atoms with Gasteiger partial charge in [0.05, 0.1) is 19.6 Å². The average Bonchev–Trinajstić information content (AvgIpc) is 3.01. The van der Waals surface area contributed by atoms with Crippen molar-refractivity contribution < 1.29 is 21.9 Å².